The van der Waals surface area contributed by atoms with Crippen LogP contribution in [0.15, 0.2) is 83.3 Å². The number of para-hydroxylation sites is 2. The van der Waals surface area contributed by atoms with Crippen LogP contribution in [0, 0.1) is 0 Å². The van der Waals surface area contributed by atoms with Gasteiger partial charge in [0, 0.05) is 21.2 Å². The second-order valence-electron chi connectivity index (χ2n) is 9.67. The fourth-order valence-corrected chi connectivity index (χ4v) is 5.64. The molecule has 3 aromatic heterocycles. The van der Waals surface area contributed by atoms with E-state index in [0.717, 1.165) is 38.7 Å². The van der Waals surface area contributed by atoms with Gasteiger partial charge in [-0.2, -0.15) is 0 Å². The van der Waals surface area contributed by atoms with Gasteiger partial charge in [-0.05, 0) is 58.9 Å². The Morgan fingerprint density at radius 1 is 0.735 bits per heavy atom. The number of rotatable bonds is 4. The predicted octanol–water partition coefficient (Wildman–Crippen LogP) is 9.78. The normalized spacial score (nSPS) is 12.1. The number of furan rings is 1. The first-order valence-electron chi connectivity index (χ1n) is 11.9. The van der Waals surface area contributed by atoms with Gasteiger partial charge in [0.2, 0.25) is 0 Å². The van der Waals surface area contributed by atoms with Crippen molar-refractivity contribution in [2.45, 2.75) is 39.5 Å². The second-order valence-corrected chi connectivity index (χ2v) is 10.8. The first kappa shape index (κ1) is 21.1. The average Bonchev–Trinajstić information content (AvgIpc) is 3.44. The molecule has 3 heteroatoms. The first-order valence-corrected chi connectivity index (χ1v) is 12.8. The lowest BCUT2D eigenvalue weighted by atomic mass is 9.93. The van der Waals surface area contributed by atoms with Gasteiger partial charge in [0.15, 0.2) is 0 Å². The third kappa shape index (κ3) is 3.52. The molecule has 6 rings (SSSR count). The van der Waals surface area contributed by atoms with E-state index in [2.05, 4.69) is 94.4 Å². The Labute approximate surface area is 203 Å². The predicted molar refractivity (Wildman–Crippen MR) is 146 cm³/mol. The van der Waals surface area contributed by atoms with Crippen molar-refractivity contribution in [3.63, 3.8) is 0 Å². The van der Waals surface area contributed by atoms with Crippen molar-refractivity contribution in [1.29, 1.82) is 0 Å². The highest BCUT2D eigenvalue weighted by atomic mass is 32.1. The Kier molecular flexibility index (Phi) is 5.04. The summed E-state index contributed by atoms with van der Waals surface area (Å²) in [5.74, 6) is 1.00. The fraction of sp³-hybridized carbons (Fsp3) is 0.194. The third-order valence-electron chi connectivity index (χ3n) is 6.65. The van der Waals surface area contributed by atoms with Crippen molar-refractivity contribution in [3.8, 4) is 21.7 Å². The minimum Gasteiger partial charge on any atom is -0.455 e. The summed E-state index contributed by atoms with van der Waals surface area (Å²) in [6.07, 6.45) is 0. The van der Waals surface area contributed by atoms with Crippen LogP contribution in [0.2, 0.25) is 0 Å². The smallest absolute Gasteiger partial charge is 0.144 e. The van der Waals surface area contributed by atoms with Crippen LogP contribution in [0.1, 0.15) is 50.7 Å². The zero-order chi connectivity index (χ0) is 23.4. The average molecular weight is 462 g/mol. The van der Waals surface area contributed by atoms with Gasteiger partial charge in [-0.1, -0.05) is 76.2 Å². The molecule has 3 heterocycles. The Hall–Kier alpha value is -3.43. The van der Waals surface area contributed by atoms with Crippen molar-refractivity contribution in [2.75, 3.05) is 0 Å². The molecular weight excluding hydrogens is 434 g/mol. The zero-order valence-corrected chi connectivity index (χ0v) is 20.7. The van der Waals surface area contributed by atoms with E-state index >= 15 is 0 Å². The molecule has 0 N–H and O–H groups in total. The largest absolute Gasteiger partial charge is 0.455 e. The molecular formula is C31H27NOS. The molecule has 0 unspecified atom stereocenters. The molecule has 0 atom stereocenters. The van der Waals surface area contributed by atoms with E-state index in [1.54, 1.807) is 0 Å². The Balaban J connectivity index is 1.48. The number of hydrogen-bond donors (Lipinski definition) is 0. The minimum atomic E-state index is 0.501. The van der Waals surface area contributed by atoms with Crippen LogP contribution in [0.4, 0.5) is 0 Å². The second kappa shape index (κ2) is 8.11. The van der Waals surface area contributed by atoms with Crippen LogP contribution in [0.3, 0.4) is 0 Å². The summed E-state index contributed by atoms with van der Waals surface area (Å²) in [7, 11) is 0. The summed E-state index contributed by atoms with van der Waals surface area (Å²) >= 11 is 1.82. The van der Waals surface area contributed by atoms with Gasteiger partial charge in [-0.25, -0.2) is 4.98 Å². The number of hydrogen-bond acceptors (Lipinski definition) is 3. The van der Waals surface area contributed by atoms with E-state index in [1.807, 2.05) is 23.5 Å². The lowest BCUT2D eigenvalue weighted by Gasteiger charge is -2.13. The Bertz CT molecular complexity index is 1640. The highest BCUT2D eigenvalue weighted by Gasteiger charge is 2.15. The highest BCUT2D eigenvalue weighted by molar-refractivity contribution is 7.22. The number of aromatic nitrogens is 1. The molecule has 34 heavy (non-hydrogen) atoms. The molecule has 2 nitrogen and oxygen atoms in total. The SMILES string of the molecule is CC(C)c1cc(-c2cc3nc(-c4cccc5c4oc4ccccc45)ccc3s2)cc(C(C)C)c1. The van der Waals surface area contributed by atoms with E-state index in [4.69, 9.17) is 9.40 Å². The molecule has 0 aliphatic carbocycles. The topological polar surface area (TPSA) is 26.0 Å². The summed E-state index contributed by atoms with van der Waals surface area (Å²) in [5.41, 5.74) is 8.90. The monoisotopic (exact) mass is 461 g/mol. The molecule has 0 aliphatic heterocycles. The zero-order valence-electron chi connectivity index (χ0n) is 19.9. The number of nitrogens with zero attached hydrogens (tertiary/aromatic N) is 1. The van der Waals surface area contributed by atoms with Crippen molar-refractivity contribution < 1.29 is 4.42 Å². The quantitative estimate of drug-likeness (QED) is 0.261. The molecule has 0 saturated heterocycles. The van der Waals surface area contributed by atoms with Gasteiger partial charge in [0.25, 0.3) is 0 Å². The Morgan fingerprint density at radius 2 is 1.47 bits per heavy atom. The molecule has 0 fully saturated rings. The van der Waals surface area contributed by atoms with Gasteiger partial charge < -0.3 is 4.42 Å². The molecule has 0 aliphatic rings. The maximum absolute atomic E-state index is 6.26. The van der Waals surface area contributed by atoms with Crippen LogP contribution >= 0.6 is 11.3 Å². The van der Waals surface area contributed by atoms with Gasteiger partial charge in [0.05, 0.1) is 15.9 Å². The molecule has 0 spiro atoms. The van der Waals surface area contributed by atoms with Crippen molar-refractivity contribution in [1.82, 2.24) is 4.98 Å². The molecule has 6 aromatic rings. The number of pyridine rings is 1. The minimum absolute atomic E-state index is 0.501. The molecule has 168 valence electrons. The van der Waals surface area contributed by atoms with E-state index in [9.17, 15) is 0 Å². The van der Waals surface area contributed by atoms with Crippen molar-refractivity contribution in [2.24, 2.45) is 0 Å². The van der Waals surface area contributed by atoms with Gasteiger partial charge in [-0.15, -0.1) is 11.3 Å². The molecule has 0 amide bonds. The van der Waals surface area contributed by atoms with E-state index < -0.39 is 0 Å². The molecule has 0 radical (unpaired) electrons. The van der Waals surface area contributed by atoms with Crippen LogP contribution in [0.5, 0.6) is 0 Å². The van der Waals surface area contributed by atoms with Crippen LogP contribution in [-0.2, 0) is 0 Å². The Morgan fingerprint density at radius 3 is 2.24 bits per heavy atom. The maximum atomic E-state index is 6.26. The molecule has 3 aromatic carbocycles. The van der Waals surface area contributed by atoms with Crippen LogP contribution < -0.4 is 0 Å². The third-order valence-corrected chi connectivity index (χ3v) is 7.79. The maximum Gasteiger partial charge on any atom is 0.144 e. The summed E-state index contributed by atoms with van der Waals surface area (Å²) in [5, 5.41) is 2.27. The van der Waals surface area contributed by atoms with Crippen LogP contribution in [-0.4, -0.2) is 4.98 Å². The van der Waals surface area contributed by atoms with Gasteiger partial charge >= 0.3 is 0 Å². The summed E-state index contributed by atoms with van der Waals surface area (Å²) < 4.78 is 7.46. The number of benzene rings is 3. The van der Waals surface area contributed by atoms with Crippen molar-refractivity contribution in [3.05, 3.63) is 90.0 Å². The summed E-state index contributed by atoms with van der Waals surface area (Å²) in [6, 6.07) is 28.1. The molecule has 0 bridgehead atoms. The molecule has 0 saturated carbocycles. The van der Waals surface area contributed by atoms with E-state index in [1.165, 1.54) is 26.3 Å². The number of fused-ring (bicyclic) bond motifs is 4. The first-order chi connectivity index (χ1) is 16.5. The van der Waals surface area contributed by atoms with Gasteiger partial charge in [0.1, 0.15) is 11.2 Å². The standard InChI is InChI=1S/C31H27NOS/c1-18(2)20-14-21(19(3)4)16-22(15-20)30-17-27-29(34-30)13-12-26(32-27)25-10-7-9-24-23-8-5-6-11-28(23)33-31(24)25/h5-19H,1-4H3. The summed E-state index contributed by atoms with van der Waals surface area (Å²) in [4.78, 5) is 6.35. The van der Waals surface area contributed by atoms with E-state index in [-0.39, 0.29) is 0 Å². The van der Waals surface area contributed by atoms with E-state index in [0.29, 0.717) is 11.8 Å². The van der Waals surface area contributed by atoms with Crippen molar-refractivity contribution >= 4 is 43.5 Å². The number of thiophene rings is 1. The summed E-state index contributed by atoms with van der Waals surface area (Å²) in [6.45, 7) is 9.06. The lowest BCUT2D eigenvalue weighted by molar-refractivity contribution is 0.670. The highest BCUT2D eigenvalue weighted by Crippen LogP contribution is 2.39. The van der Waals surface area contributed by atoms with Gasteiger partial charge in [-0.3, -0.25) is 0 Å². The van der Waals surface area contributed by atoms with Crippen LogP contribution in [0.25, 0.3) is 53.9 Å². The fourth-order valence-electron chi connectivity index (χ4n) is 4.65. The lowest BCUT2D eigenvalue weighted by Crippen LogP contribution is -1.94.